The van der Waals surface area contributed by atoms with E-state index in [0.717, 1.165) is 10.0 Å². The lowest BCUT2D eigenvalue weighted by Crippen LogP contribution is -2.24. The van der Waals surface area contributed by atoms with Gasteiger partial charge >= 0.3 is 0 Å². The SMILES string of the molecule is NS(=O)(=O)c1ccc(CNC(=O)CCOc2cccc(Br)c2)cc1. The third kappa shape index (κ3) is 5.95. The van der Waals surface area contributed by atoms with Gasteiger partial charge in [-0.15, -0.1) is 0 Å². The summed E-state index contributed by atoms with van der Waals surface area (Å²) in [6, 6.07) is 13.4. The van der Waals surface area contributed by atoms with Crippen molar-refractivity contribution in [1.82, 2.24) is 5.32 Å². The number of primary sulfonamides is 1. The second kappa shape index (κ2) is 8.27. The maximum absolute atomic E-state index is 11.8. The van der Waals surface area contributed by atoms with E-state index in [2.05, 4.69) is 21.2 Å². The number of hydrogen-bond donors (Lipinski definition) is 2. The van der Waals surface area contributed by atoms with Crippen LogP contribution in [0.2, 0.25) is 0 Å². The third-order valence-corrected chi connectivity index (χ3v) is 4.56. The zero-order chi connectivity index (χ0) is 17.6. The van der Waals surface area contributed by atoms with Crippen LogP contribution in [-0.2, 0) is 21.4 Å². The van der Waals surface area contributed by atoms with Gasteiger partial charge in [0.1, 0.15) is 5.75 Å². The van der Waals surface area contributed by atoms with Gasteiger partial charge in [-0.25, -0.2) is 13.6 Å². The standard InChI is InChI=1S/C16H17BrN2O4S/c17-13-2-1-3-14(10-13)23-9-8-16(20)19-11-12-4-6-15(7-5-12)24(18,21)22/h1-7,10H,8-9,11H2,(H,19,20)(H2,18,21,22). The highest BCUT2D eigenvalue weighted by Gasteiger charge is 2.07. The molecular formula is C16H17BrN2O4S. The summed E-state index contributed by atoms with van der Waals surface area (Å²) < 4.78 is 28.7. The van der Waals surface area contributed by atoms with Crippen molar-refractivity contribution < 1.29 is 17.9 Å². The highest BCUT2D eigenvalue weighted by atomic mass is 79.9. The van der Waals surface area contributed by atoms with E-state index in [9.17, 15) is 13.2 Å². The van der Waals surface area contributed by atoms with Crippen molar-refractivity contribution in [2.24, 2.45) is 5.14 Å². The van der Waals surface area contributed by atoms with Gasteiger partial charge in [0.15, 0.2) is 0 Å². The summed E-state index contributed by atoms with van der Waals surface area (Å²) in [5, 5.41) is 7.77. The summed E-state index contributed by atoms with van der Waals surface area (Å²) in [5.74, 6) is 0.538. The molecule has 0 fully saturated rings. The molecule has 8 heteroatoms. The minimum absolute atomic E-state index is 0.0417. The molecule has 0 heterocycles. The van der Waals surface area contributed by atoms with Gasteiger partial charge in [-0.05, 0) is 35.9 Å². The third-order valence-electron chi connectivity index (χ3n) is 3.14. The topological polar surface area (TPSA) is 98.5 Å². The number of amides is 1. The van der Waals surface area contributed by atoms with Crippen LogP contribution in [0, 0.1) is 0 Å². The first-order valence-electron chi connectivity index (χ1n) is 7.11. The normalized spacial score (nSPS) is 11.1. The lowest BCUT2D eigenvalue weighted by Gasteiger charge is -2.08. The molecule has 0 aliphatic heterocycles. The largest absolute Gasteiger partial charge is 0.493 e. The summed E-state index contributed by atoms with van der Waals surface area (Å²) >= 11 is 3.35. The Balaban J connectivity index is 1.75. The molecule has 2 aromatic carbocycles. The van der Waals surface area contributed by atoms with Crippen LogP contribution in [-0.4, -0.2) is 20.9 Å². The molecule has 24 heavy (non-hydrogen) atoms. The molecule has 0 atom stereocenters. The van der Waals surface area contributed by atoms with Crippen molar-refractivity contribution in [3.05, 3.63) is 58.6 Å². The van der Waals surface area contributed by atoms with Crippen molar-refractivity contribution in [2.45, 2.75) is 17.9 Å². The summed E-state index contributed by atoms with van der Waals surface area (Å²) in [6.07, 6.45) is 0.224. The van der Waals surface area contributed by atoms with E-state index in [0.29, 0.717) is 12.3 Å². The zero-order valence-corrected chi connectivity index (χ0v) is 15.1. The second-order valence-electron chi connectivity index (χ2n) is 5.02. The van der Waals surface area contributed by atoms with E-state index in [1.165, 1.54) is 12.1 Å². The van der Waals surface area contributed by atoms with Crippen molar-refractivity contribution >= 4 is 31.9 Å². The molecule has 3 N–H and O–H groups in total. The van der Waals surface area contributed by atoms with Crippen molar-refractivity contribution in [3.8, 4) is 5.75 Å². The first kappa shape index (κ1) is 18.4. The Morgan fingerprint density at radius 3 is 2.50 bits per heavy atom. The Labute approximate surface area is 149 Å². The van der Waals surface area contributed by atoms with Crippen LogP contribution < -0.4 is 15.2 Å². The monoisotopic (exact) mass is 412 g/mol. The maximum atomic E-state index is 11.8. The summed E-state index contributed by atoms with van der Waals surface area (Å²) in [5.41, 5.74) is 0.781. The van der Waals surface area contributed by atoms with Gasteiger partial charge < -0.3 is 10.1 Å². The average molecular weight is 413 g/mol. The fourth-order valence-electron chi connectivity index (χ4n) is 1.90. The van der Waals surface area contributed by atoms with Crippen LogP contribution in [0.25, 0.3) is 0 Å². The molecule has 0 bridgehead atoms. The van der Waals surface area contributed by atoms with Crippen LogP contribution in [0.5, 0.6) is 5.75 Å². The molecular weight excluding hydrogens is 396 g/mol. The molecule has 0 aliphatic rings. The molecule has 0 radical (unpaired) electrons. The number of nitrogens with one attached hydrogen (secondary N) is 1. The van der Waals surface area contributed by atoms with E-state index >= 15 is 0 Å². The number of sulfonamides is 1. The number of carbonyl (C=O) groups is 1. The number of nitrogens with two attached hydrogens (primary N) is 1. The fourth-order valence-corrected chi connectivity index (χ4v) is 2.80. The highest BCUT2D eigenvalue weighted by molar-refractivity contribution is 9.10. The zero-order valence-electron chi connectivity index (χ0n) is 12.7. The number of carbonyl (C=O) groups excluding carboxylic acids is 1. The number of ether oxygens (including phenoxy) is 1. The van der Waals surface area contributed by atoms with Gasteiger partial charge in [0.25, 0.3) is 0 Å². The Kier molecular flexibility index (Phi) is 6.36. The number of benzene rings is 2. The summed E-state index contributed by atoms with van der Waals surface area (Å²) in [6.45, 7) is 0.577. The average Bonchev–Trinajstić information content (AvgIpc) is 2.52. The minimum Gasteiger partial charge on any atom is -0.493 e. The summed E-state index contributed by atoms with van der Waals surface area (Å²) in [4.78, 5) is 11.8. The van der Waals surface area contributed by atoms with Crippen molar-refractivity contribution in [3.63, 3.8) is 0 Å². The number of hydrogen-bond acceptors (Lipinski definition) is 4. The lowest BCUT2D eigenvalue weighted by atomic mass is 10.2. The predicted octanol–water partition coefficient (Wildman–Crippen LogP) is 2.18. The van der Waals surface area contributed by atoms with Crippen LogP contribution in [0.1, 0.15) is 12.0 Å². The van der Waals surface area contributed by atoms with Gasteiger partial charge in [-0.1, -0.05) is 34.1 Å². The maximum Gasteiger partial charge on any atom is 0.238 e. The second-order valence-corrected chi connectivity index (χ2v) is 7.50. The Morgan fingerprint density at radius 1 is 1.17 bits per heavy atom. The Bertz CT molecular complexity index is 807. The smallest absolute Gasteiger partial charge is 0.238 e. The first-order chi connectivity index (χ1) is 11.3. The van der Waals surface area contributed by atoms with Gasteiger partial charge in [0.2, 0.25) is 15.9 Å². The Hall–Kier alpha value is -1.90. The molecule has 1 amide bonds. The molecule has 128 valence electrons. The number of halogens is 1. The fraction of sp³-hybridized carbons (Fsp3) is 0.188. The van der Waals surface area contributed by atoms with Crippen LogP contribution >= 0.6 is 15.9 Å². The van der Waals surface area contributed by atoms with E-state index in [-0.39, 0.29) is 23.8 Å². The van der Waals surface area contributed by atoms with Crippen LogP contribution in [0.4, 0.5) is 0 Å². The molecule has 0 saturated carbocycles. The van der Waals surface area contributed by atoms with E-state index in [1.807, 2.05) is 24.3 Å². The molecule has 6 nitrogen and oxygen atoms in total. The first-order valence-corrected chi connectivity index (χ1v) is 9.45. The van der Waals surface area contributed by atoms with Gasteiger partial charge in [0, 0.05) is 11.0 Å². The quantitative estimate of drug-likeness (QED) is 0.727. The van der Waals surface area contributed by atoms with Crippen LogP contribution in [0.15, 0.2) is 57.9 Å². The van der Waals surface area contributed by atoms with Gasteiger partial charge in [-0.2, -0.15) is 0 Å². The molecule has 0 unspecified atom stereocenters. The predicted molar refractivity (Wildman–Crippen MR) is 93.9 cm³/mol. The molecule has 0 aromatic heterocycles. The van der Waals surface area contributed by atoms with Crippen molar-refractivity contribution in [1.29, 1.82) is 0 Å². The van der Waals surface area contributed by atoms with E-state index < -0.39 is 10.0 Å². The van der Waals surface area contributed by atoms with E-state index in [4.69, 9.17) is 9.88 Å². The molecule has 0 spiro atoms. The lowest BCUT2D eigenvalue weighted by molar-refractivity contribution is -0.121. The molecule has 0 saturated heterocycles. The minimum atomic E-state index is -3.70. The van der Waals surface area contributed by atoms with Gasteiger partial charge in [-0.3, -0.25) is 4.79 Å². The van der Waals surface area contributed by atoms with Crippen molar-refractivity contribution in [2.75, 3.05) is 6.61 Å². The molecule has 0 aliphatic carbocycles. The van der Waals surface area contributed by atoms with E-state index in [1.54, 1.807) is 12.1 Å². The molecule has 2 aromatic rings. The summed E-state index contributed by atoms with van der Waals surface area (Å²) in [7, 11) is -3.70. The number of rotatable bonds is 7. The Morgan fingerprint density at radius 2 is 1.88 bits per heavy atom. The molecule has 2 rings (SSSR count). The van der Waals surface area contributed by atoms with Gasteiger partial charge in [0.05, 0.1) is 17.9 Å². The van der Waals surface area contributed by atoms with Crippen LogP contribution in [0.3, 0.4) is 0 Å². The highest BCUT2D eigenvalue weighted by Crippen LogP contribution is 2.17.